The molecule has 2 rings (SSSR count). The van der Waals surface area contributed by atoms with Crippen LogP contribution >= 0.6 is 0 Å². The highest BCUT2D eigenvalue weighted by atomic mass is 19.4. The molecule has 0 atom stereocenters. The summed E-state index contributed by atoms with van der Waals surface area (Å²) in [5, 5.41) is 7.68. The molecule has 1 N–H and O–H groups in total. The zero-order valence-corrected chi connectivity index (χ0v) is 12.8. The standard InChI is InChI=1S/C14H23F3N4/c1-4-7-21(9-14(15,16)17)13-12(8-18-11-5-6-11)10(2)19-20(13)3/h11,18H,4-9H2,1-3H3. The first-order chi connectivity index (χ1) is 9.81. The number of aryl methyl sites for hydroxylation is 2. The Balaban J connectivity index is 2.23. The van der Waals surface area contributed by atoms with Gasteiger partial charge in [-0.25, -0.2) is 0 Å². The lowest BCUT2D eigenvalue weighted by Crippen LogP contribution is -2.37. The van der Waals surface area contributed by atoms with Crippen molar-refractivity contribution in [2.24, 2.45) is 7.05 Å². The van der Waals surface area contributed by atoms with Crippen molar-refractivity contribution in [3.05, 3.63) is 11.3 Å². The molecule has 1 fully saturated rings. The average molecular weight is 304 g/mol. The fourth-order valence-corrected chi connectivity index (χ4v) is 2.57. The normalized spacial score (nSPS) is 15.5. The number of hydrogen-bond acceptors (Lipinski definition) is 3. The summed E-state index contributed by atoms with van der Waals surface area (Å²) in [6.07, 6.45) is -1.25. The largest absolute Gasteiger partial charge is 0.405 e. The Bertz CT molecular complexity index is 477. The number of alkyl halides is 3. The number of nitrogens with zero attached hydrogens (tertiary/aromatic N) is 3. The molecule has 0 aromatic carbocycles. The zero-order chi connectivity index (χ0) is 15.6. The van der Waals surface area contributed by atoms with E-state index in [1.807, 2.05) is 13.8 Å². The second kappa shape index (κ2) is 6.25. The number of hydrogen-bond donors (Lipinski definition) is 1. The van der Waals surface area contributed by atoms with Gasteiger partial charge < -0.3 is 10.2 Å². The Hall–Kier alpha value is -1.24. The lowest BCUT2D eigenvalue weighted by Gasteiger charge is -2.26. The Kier molecular flexibility index (Phi) is 4.81. The molecular weight excluding hydrogens is 281 g/mol. The van der Waals surface area contributed by atoms with Crippen molar-refractivity contribution >= 4 is 5.82 Å². The van der Waals surface area contributed by atoms with Gasteiger partial charge in [0.2, 0.25) is 0 Å². The molecule has 1 saturated carbocycles. The Morgan fingerprint density at radius 2 is 2.05 bits per heavy atom. The van der Waals surface area contributed by atoms with Gasteiger partial charge in [-0.1, -0.05) is 6.92 Å². The molecule has 0 radical (unpaired) electrons. The highest BCUT2D eigenvalue weighted by Gasteiger charge is 2.33. The van der Waals surface area contributed by atoms with Gasteiger partial charge in [-0.2, -0.15) is 18.3 Å². The quantitative estimate of drug-likeness (QED) is 0.841. The van der Waals surface area contributed by atoms with E-state index in [4.69, 9.17) is 0 Å². The Labute approximate surface area is 123 Å². The van der Waals surface area contributed by atoms with E-state index in [0.29, 0.717) is 31.4 Å². The predicted octanol–water partition coefficient (Wildman–Crippen LogP) is 2.76. The van der Waals surface area contributed by atoms with Crippen LogP contribution in [0, 0.1) is 6.92 Å². The van der Waals surface area contributed by atoms with Gasteiger partial charge in [0.15, 0.2) is 0 Å². The molecule has 1 aromatic rings. The first-order valence-corrected chi connectivity index (χ1v) is 7.39. The Morgan fingerprint density at radius 3 is 2.57 bits per heavy atom. The SMILES string of the molecule is CCCN(CC(F)(F)F)c1c(CNC2CC2)c(C)nn1C. The van der Waals surface area contributed by atoms with Crippen molar-refractivity contribution in [1.82, 2.24) is 15.1 Å². The molecular formula is C14H23F3N4. The third-order valence-electron chi connectivity index (χ3n) is 3.62. The lowest BCUT2D eigenvalue weighted by molar-refractivity contribution is -0.119. The van der Waals surface area contributed by atoms with E-state index >= 15 is 0 Å². The molecule has 1 aliphatic carbocycles. The summed E-state index contributed by atoms with van der Waals surface area (Å²) in [4.78, 5) is 1.39. The highest BCUT2D eigenvalue weighted by Crippen LogP contribution is 2.28. The molecule has 4 nitrogen and oxygen atoms in total. The molecule has 0 aliphatic heterocycles. The molecule has 0 amide bonds. The minimum absolute atomic E-state index is 0.370. The van der Waals surface area contributed by atoms with Gasteiger partial charge in [-0.05, 0) is 26.2 Å². The van der Waals surface area contributed by atoms with Crippen LogP contribution in [0.4, 0.5) is 19.0 Å². The van der Waals surface area contributed by atoms with Gasteiger partial charge in [0.25, 0.3) is 0 Å². The number of nitrogens with one attached hydrogen (secondary N) is 1. The first kappa shape index (κ1) is 16.1. The second-order valence-corrected chi connectivity index (χ2v) is 5.70. The van der Waals surface area contributed by atoms with Crippen LogP contribution in [0.15, 0.2) is 0 Å². The lowest BCUT2D eigenvalue weighted by atomic mass is 10.2. The van der Waals surface area contributed by atoms with Crippen molar-refractivity contribution in [1.29, 1.82) is 0 Å². The van der Waals surface area contributed by atoms with Crippen molar-refractivity contribution in [3.63, 3.8) is 0 Å². The highest BCUT2D eigenvalue weighted by molar-refractivity contribution is 5.50. The van der Waals surface area contributed by atoms with E-state index in [1.165, 1.54) is 4.90 Å². The van der Waals surface area contributed by atoms with Gasteiger partial charge in [-0.15, -0.1) is 0 Å². The fraction of sp³-hybridized carbons (Fsp3) is 0.786. The summed E-state index contributed by atoms with van der Waals surface area (Å²) in [6, 6.07) is 0.514. The molecule has 1 aliphatic rings. The monoisotopic (exact) mass is 304 g/mol. The summed E-state index contributed by atoms with van der Waals surface area (Å²) in [5.74, 6) is 0.583. The minimum atomic E-state index is -4.21. The molecule has 0 bridgehead atoms. The summed E-state index contributed by atoms with van der Waals surface area (Å²) >= 11 is 0. The molecule has 0 unspecified atom stereocenters. The maximum atomic E-state index is 12.8. The third-order valence-corrected chi connectivity index (χ3v) is 3.62. The molecule has 0 saturated heterocycles. The number of rotatable bonds is 7. The predicted molar refractivity (Wildman–Crippen MR) is 76.4 cm³/mol. The molecule has 7 heteroatoms. The van der Waals surface area contributed by atoms with Crippen LogP contribution in [-0.2, 0) is 13.6 Å². The number of anilines is 1. The van der Waals surface area contributed by atoms with Crippen LogP contribution in [0.3, 0.4) is 0 Å². The Morgan fingerprint density at radius 1 is 1.38 bits per heavy atom. The summed E-state index contributed by atoms with van der Waals surface area (Å²) in [7, 11) is 1.71. The summed E-state index contributed by atoms with van der Waals surface area (Å²) < 4.78 is 40.0. The van der Waals surface area contributed by atoms with Crippen LogP contribution < -0.4 is 10.2 Å². The number of halogens is 3. The van der Waals surface area contributed by atoms with E-state index < -0.39 is 12.7 Å². The molecule has 1 aromatic heterocycles. The van der Waals surface area contributed by atoms with Crippen LogP contribution in [-0.4, -0.2) is 35.1 Å². The topological polar surface area (TPSA) is 33.1 Å². The summed E-state index contributed by atoms with van der Waals surface area (Å²) in [5.41, 5.74) is 1.67. The minimum Gasteiger partial charge on any atom is -0.347 e. The maximum Gasteiger partial charge on any atom is 0.405 e. The van der Waals surface area contributed by atoms with Gasteiger partial charge >= 0.3 is 6.18 Å². The van der Waals surface area contributed by atoms with Crippen LogP contribution in [0.5, 0.6) is 0 Å². The van der Waals surface area contributed by atoms with Crippen LogP contribution in [0.1, 0.15) is 37.4 Å². The van der Waals surface area contributed by atoms with E-state index in [2.05, 4.69) is 10.4 Å². The van der Waals surface area contributed by atoms with Crippen molar-refractivity contribution in [2.75, 3.05) is 18.0 Å². The van der Waals surface area contributed by atoms with Crippen LogP contribution in [0.2, 0.25) is 0 Å². The third kappa shape index (κ3) is 4.36. The van der Waals surface area contributed by atoms with Crippen molar-refractivity contribution in [3.8, 4) is 0 Å². The molecule has 120 valence electrons. The van der Waals surface area contributed by atoms with E-state index in [9.17, 15) is 13.2 Å². The van der Waals surface area contributed by atoms with Crippen molar-refractivity contribution < 1.29 is 13.2 Å². The van der Waals surface area contributed by atoms with Crippen molar-refractivity contribution in [2.45, 2.75) is 51.9 Å². The number of aromatic nitrogens is 2. The van der Waals surface area contributed by atoms with Gasteiger partial charge in [-0.3, -0.25) is 4.68 Å². The molecule has 1 heterocycles. The van der Waals surface area contributed by atoms with Gasteiger partial charge in [0.05, 0.1) is 5.69 Å². The van der Waals surface area contributed by atoms with Gasteiger partial charge in [0, 0.05) is 31.7 Å². The molecule has 0 spiro atoms. The fourth-order valence-electron chi connectivity index (χ4n) is 2.57. The maximum absolute atomic E-state index is 12.8. The van der Waals surface area contributed by atoms with Crippen LogP contribution in [0.25, 0.3) is 0 Å². The second-order valence-electron chi connectivity index (χ2n) is 5.70. The van der Waals surface area contributed by atoms with E-state index in [-0.39, 0.29) is 0 Å². The van der Waals surface area contributed by atoms with E-state index in [1.54, 1.807) is 11.7 Å². The smallest absolute Gasteiger partial charge is 0.347 e. The zero-order valence-electron chi connectivity index (χ0n) is 12.8. The molecule has 21 heavy (non-hydrogen) atoms. The summed E-state index contributed by atoms with van der Waals surface area (Å²) in [6.45, 7) is 3.75. The van der Waals surface area contributed by atoms with E-state index in [0.717, 1.165) is 24.1 Å². The first-order valence-electron chi connectivity index (χ1n) is 7.39. The average Bonchev–Trinajstić information content (AvgIpc) is 3.11. The van der Waals surface area contributed by atoms with Gasteiger partial charge in [0.1, 0.15) is 12.4 Å².